The molecule has 1 aromatic carbocycles. The monoisotopic (exact) mass is 251 g/mol. The van der Waals surface area contributed by atoms with E-state index in [1.807, 2.05) is 13.8 Å². The first kappa shape index (κ1) is 12.7. The molecule has 0 amide bonds. The summed E-state index contributed by atoms with van der Waals surface area (Å²) >= 11 is 0. The van der Waals surface area contributed by atoms with Crippen molar-refractivity contribution in [1.29, 1.82) is 0 Å². The number of benzene rings is 1. The van der Waals surface area contributed by atoms with Gasteiger partial charge in [0.2, 0.25) is 0 Å². The van der Waals surface area contributed by atoms with E-state index in [1.54, 1.807) is 18.2 Å². The molecule has 5 nitrogen and oxygen atoms in total. The molecule has 0 radical (unpaired) electrons. The lowest BCUT2D eigenvalue weighted by atomic mass is 10.1. The molecule has 1 heterocycles. The van der Waals surface area contributed by atoms with Crippen LogP contribution in [0.2, 0.25) is 0 Å². The van der Waals surface area contributed by atoms with E-state index in [9.17, 15) is 9.90 Å². The lowest BCUT2D eigenvalue weighted by Crippen LogP contribution is -2.33. The summed E-state index contributed by atoms with van der Waals surface area (Å²) in [6, 6.07) is 4.58. The van der Waals surface area contributed by atoms with Gasteiger partial charge >= 0.3 is 5.97 Å². The van der Waals surface area contributed by atoms with Crippen LogP contribution in [0, 0.1) is 0 Å². The minimum absolute atomic E-state index is 0.0827. The van der Waals surface area contributed by atoms with Crippen molar-refractivity contribution in [2.45, 2.75) is 25.9 Å². The summed E-state index contributed by atoms with van der Waals surface area (Å²) < 4.78 is 10.9. The van der Waals surface area contributed by atoms with Crippen LogP contribution in [0.25, 0.3) is 0 Å². The predicted octanol–water partition coefficient (Wildman–Crippen LogP) is 1.58. The Bertz CT molecular complexity index is 445. The van der Waals surface area contributed by atoms with E-state index in [-0.39, 0.29) is 6.04 Å². The molecule has 18 heavy (non-hydrogen) atoms. The number of hydrogen-bond donors (Lipinski definition) is 2. The van der Waals surface area contributed by atoms with Crippen LogP contribution in [0.3, 0.4) is 0 Å². The zero-order valence-corrected chi connectivity index (χ0v) is 10.5. The Hall–Kier alpha value is -1.75. The fraction of sp³-hybridized carbons (Fsp3) is 0.462. The highest BCUT2D eigenvalue weighted by Crippen LogP contribution is 2.32. The zero-order chi connectivity index (χ0) is 13.1. The molecule has 1 unspecified atom stereocenters. The van der Waals surface area contributed by atoms with Gasteiger partial charge in [-0.2, -0.15) is 0 Å². The maximum absolute atomic E-state index is 11.3. The molecule has 0 saturated heterocycles. The highest BCUT2D eigenvalue weighted by Gasteiger charge is 2.22. The van der Waals surface area contributed by atoms with Crippen molar-refractivity contribution in [3.63, 3.8) is 0 Å². The number of carboxylic acid groups (broad SMARTS) is 1. The Kier molecular flexibility index (Phi) is 3.72. The van der Waals surface area contributed by atoms with Crippen LogP contribution in [0.4, 0.5) is 0 Å². The maximum Gasteiger partial charge on any atom is 0.325 e. The molecule has 0 bridgehead atoms. The number of carboxylic acids is 1. The summed E-state index contributed by atoms with van der Waals surface area (Å²) in [5, 5.41) is 12.3. The summed E-state index contributed by atoms with van der Waals surface area (Å²) in [6.07, 6.45) is 0. The number of nitrogens with one attached hydrogen (secondary N) is 1. The van der Waals surface area contributed by atoms with Gasteiger partial charge in [-0.25, -0.2) is 0 Å². The van der Waals surface area contributed by atoms with Gasteiger partial charge in [0.1, 0.15) is 19.3 Å². The number of carbonyl (C=O) groups is 1. The van der Waals surface area contributed by atoms with Gasteiger partial charge in [0.15, 0.2) is 11.5 Å². The highest BCUT2D eigenvalue weighted by atomic mass is 16.6. The second kappa shape index (κ2) is 5.27. The molecule has 0 aliphatic carbocycles. The van der Waals surface area contributed by atoms with E-state index in [0.717, 1.165) is 0 Å². The van der Waals surface area contributed by atoms with Gasteiger partial charge in [-0.15, -0.1) is 0 Å². The van der Waals surface area contributed by atoms with Crippen LogP contribution in [0.15, 0.2) is 18.2 Å². The molecule has 1 atom stereocenters. The van der Waals surface area contributed by atoms with E-state index in [0.29, 0.717) is 30.3 Å². The molecule has 2 N–H and O–H groups in total. The minimum Gasteiger partial charge on any atom is -0.486 e. The number of fused-ring (bicyclic) bond motifs is 1. The zero-order valence-electron chi connectivity index (χ0n) is 10.5. The SMILES string of the molecule is CC(C)NC(C(=O)O)c1ccc2c(c1)OCCO2. The normalized spacial score (nSPS) is 15.5. The van der Waals surface area contributed by atoms with Gasteiger partial charge in [0.25, 0.3) is 0 Å². The van der Waals surface area contributed by atoms with Crippen molar-refractivity contribution in [3.8, 4) is 11.5 Å². The lowest BCUT2D eigenvalue weighted by Gasteiger charge is -2.22. The average Bonchev–Trinajstić information content (AvgIpc) is 2.35. The largest absolute Gasteiger partial charge is 0.486 e. The molecule has 98 valence electrons. The first-order valence-electron chi connectivity index (χ1n) is 5.96. The van der Waals surface area contributed by atoms with Gasteiger partial charge in [-0.05, 0) is 31.5 Å². The van der Waals surface area contributed by atoms with Crippen molar-refractivity contribution < 1.29 is 19.4 Å². The molecule has 0 fully saturated rings. The Morgan fingerprint density at radius 2 is 1.94 bits per heavy atom. The maximum atomic E-state index is 11.3. The number of hydrogen-bond acceptors (Lipinski definition) is 4. The van der Waals surface area contributed by atoms with Crippen LogP contribution < -0.4 is 14.8 Å². The van der Waals surface area contributed by atoms with E-state index < -0.39 is 12.0 Å². The first-order chi connectivity index (χ1) is 8.58. The summed E-state index contributed by atoms with van der Waals surface area (Å²) in [7, 11) is 0. The van der Waals surface area contributed by atoms with E-state index in [4.69, 9.17) is 9.47 Å². The summed E-state index contributed by atoms with van der Waals surface area (Å²) in [5.41, 5.74) is 0.667. The standard InChI is InChI=1S/C13H17NO4/c1-8(2)14-12(13(15)16)9-3-4-10-11(7-9)18-6-5-17-10/h3-4,7-8,12,14H,5-6H2,1-2H3,(H,15,16). The van der Waals surface area contributed by atoms with Crippen LogP contribution in [0.5, 0.6) is 11.5 Å². The van der Waals surface area contributed by atoms with Gasteiger partial charge < -0.3 is 14.6 Å². The second-order valence-electron chi connectivity index (χ2n) is 4.50. The first-order valence-corrected chi connectivity index (χ1v) is 5.96. The van der Waals surface area contributed by atoms with Crippen molar-refractivity contribution in [2.24, 2.45) is 0 Å². The van der Waals surface area contributed by atoms with Gasteiger partial charge in [0.05, 0.1) is 0 Å². The third-order valence-corrected chi connectivity index (χ3v) is 2.65. The summed E-state index contributed by atoms with van der Waals surface area (Å²) in [6.45, 7) is 4.84. The summed E-state index contributed by atoms with van der Waals surface area (Å²) in [4.78, 5) is 11.3. The molecule has 0 spiro atoms. The molecular weight excluding hydrogens is 234 g/mol. The van der Waals surface area contributed by atoms with E-state index in [1.165, 1.54) is 0 Å². The molecule has 5 heteroatoms. The van der Waals surface area contributed by atoms with Gasteiger partial charge in [0, 0.05) is 6.04 Å². The molecule has 0 aromatic heterocycles. The lowest BCUT2D eigenvalue weighted by molar-refractivity contribution is -0.139. The van der Waals surface area contributed by atoms with Crippen molar-refractivity contribution in [3.05, 3.63) is 23.8 Å². The van der Waals surface area contributed by atoms with Crippen molar-refractivity contribution in [2.75, 3.05) is 13.2 Å². The number of aliphatic carboxylic acids is 1. The van der Waals surface area contributed by atoms with Gasteiger partial charge in [-0.3, -0.25) is 10.1 Å². The van der Waals surface area contributed by atoms with Crippen LogP contribution in [-0.4, -0.2) is 30.3 Å². The molecule has 2 rings (SSSR count). The topological polar surface area (TPSA) is 67.8 Å². The number of ether oxygens (including phenoxy) is 2. The minimum atomic E-state index is -0.902. The molecule has 0 saturated carbocycles. The van der Waals surface area contributed by atoms with Crippen LogP contribution in [-0.2, 0) is 4.79 Å². The molecular formula is C13H17NO4. The van der Waals surface area contributed by atoms with Crippen molar-refractivity contribution in [1.82, 2.24) is 5.32 Å². The van der Waals surface area contributed by atoms with Crippen molar-refractivity contribution >= 4 is 5.97 Å². The Labute approximate surface area is 106 Å². The molecule has 1 aliphatic heterocycles. The quantitative estimate of drug-likeness (QED) is 0.850. The number of rotatable bonds is 4. The smallest absolute Gasteiger partial charge is 0.325 e. The van der Waals surface area contributed by atoms with Crippen LogP contribution >= 0.6 is 0 Å². The van der Waals surface area contributed by atoms with Crippen LogP contribution in [0.1, 0.15) is 25.5 Å². The third kappa shape index (κ3) is 2.73. The summed E-state index contributed by atoms with van der Waals surface area (Å²) in [5.74, 6) is 0.370. The average molecular weight is 251 g/mol. The highest BCUT2D eigenvalue weighted by molar-refractivity contribution is 5.76. The molecule has 1 aliphatic rings. The second-order valence-corrected chi connectivity index (χ2v) is 4.50. The fourth-order valence-corrected chi connectivity index (χ4v) is 1.88. The molecule has 1 aromatic rings. The Morgan fingerprint density at radius 3 is 2.56 bits per heavy atom. The van der Waals surface area contributed by atoms with E-state index >= 15 is 0 Å². The Balaban J connectivity index is 2.27. The fourth-order valence-electron chi connectivity index (χ4n) is 1.88. The predicted molar refractivity (Wildman–Crippen MR) is 66.1 cm³/mol. The van der Waals surface area contributed by atoms with E-state index in [2.05, 4.69) is 5.32 Å². The van der Waals surface area contributed by atoms with Gasteiger partial charge in [-0.1, -0.05) is 6.07 Å². The Morgan fingerprint density at radius 1 is 1.28 bits per heavy atom. The third-order valence-electron chi connectivity index (χ3n) is 2.65.